The fourth-order valence-corrected chi connectivity index (χ4v) is 2.45. The van der Waals surface area contributed by atoms with Gasteiger partial charge in [0.25, 0.3) is 0 Å². The Balaban J connectivity index is 2.31. The van der Waals surface area contributed by atoms with E-state index in [1.807, 2.05) is 42.5 Å². The SMILES string of the molecule is O=C(CCl)Nc1[nH]c2ccccc2c(=O)c1-c1ccccc1. The number of fused-ring (bicyclic) bond motifs is 1. The molecule has 2 N–H and O–H groups in total. The number of aromatic amines is 1. The van der Waals surface area contributed by atoms with Gasteiger partial charge in [-0.05, 0) is 17.7 Å². The zero-order valence-electron chi connectivity index (χ0n) is 11.6. The van der Waals surface area contributed by atoms with Gasteiger partial charge in [0.15, 0.2) is 5.43 Å². The van der Waals surface area contributed by atoms with E-state index < -0.39 is 0 Å². The number of anilines is 1. The molecular weight excluding hydrogens is 300 g/mol. The molecule has 22 heavy (non-hydrogen) atoms. The lowest BCUT2D eigenvalue weighted by molar-refractivity contribution is -0.113. The van der Waals surface area contributed by atoms with Crippen LogP contribution >= 0.6 is 11.6 Å². The molecule has 0 unspecified atom stereocenters. The lowest BCUT2D eigenvalue weighted by Gasteiger charge is -2.12. The summed E-state index contributed by atoms with van der Waals surface area (Å²) >= 11 is 5.55. The summed E-state index contributed by atoms with van der Waals surface area (Å²) in [6.07, 6.45) is 0. The molecular formula is C17H13ClN2O2. The lowest BCUT2D eigenvalue weighted by atomic mass is 10.0. The number of halogens is 1. The van der Waals surface area contributed by atoms with E-state index in [-0.39, 0.29) is 17.2 Å². The molecule has 2 aromatic carbocycles. The van der Waals surface area contributed by atoms with Crippen molar-refractivity contribution in [2.45, 2.75) is 0 Å². The van der Waals surface area contributed by atoms with E-state index in [1.54, 1.807) is 12.1 Å². The van der Waals surface area contributed by atoms with Gasteiger partial charge in [0.1, 0.15) is 11.7 Å². The smallest absolute Gasteiger partial charge is 0.240 e. The Kier molecular flexibility index (Phi) is 3.94. The van der Waals surface area contributed by atoms with Crippen LogP contribution < -0.4 is 10.7 Å². The summed E-state index contributed by atoms with van der Waals surface area (Å²) in [7, 11) is 0. The molecule has 0 saturated heterocycles. The van der Waals surface area contributed by atoms with Gasteiger partial charge >= 0.3 is 0 Å². The molecule has 0 bridgehead atoms. The summed E-state index contributed by atoms with van der Waals surface area (Å²) in [5.74, 6) is -0.186. The second-order valence-corrected chi connectivity index (χ2v) is 5.06. The fourth-order valence-electron chi connectivity index (χ4n) is 2.38. The average molecular weight is 313 g/mol. The monoisotopic (exact) mass is 312 g/mol. The molecule has 110 valence electrons. The first-order chi connectivity index (χ1) is 10.7. The lowest BCUT2D eigenvalue weighted by Crippen LogP contribution is -2.18. The Hall–Kier alpha value is -2.59. The summed E-state index contributed by atoms with van der Waals surface area (Å²) in [4.78, 5) is 27.6. The van der Waals surface area contributed by atoms with Gasteiger partial charge in [0.2, 0.25) is 5.91 Å². The number of amides is 1. The van der Waals surface area contributed by atoms with Gasteiger partial charge in [0, 0.05) is 5.39 Å². The number of aromatic nitrogens is 1. The third kappa shape index (κ3) is 2.61. The van der Waals surface area contributed by atoms with Gasteiger partial charge in [-0.25, -0.2) is 0 Å². The quantitative estimate of drug-likeness (QED) is 0.728. The van der Waals surface area contributed by atoms with Crippen LogP contribution in [0.15, 0.2) is 59.4 Å². The molecule has 0 atom stereocenters. The Morgan fingerprint density at radius 2 is 1.73 bits per heavy atom. The Morgan fingerprint density at radius 1 is 1.05 bits per heavy atom. The van der Waals surface area contributed by atoms with Crippen LogP contribution in [-0.4, -0.2) is 16.8 Å². The predicted molar refractivity (Wildman–Crippen MR) is 89.4 cm³/mol. The average Bonchev–Trinajstić information content (AvgIpc) is 2.56. The summed E-state index contributed by atoms with van der Waals surface area (Å²) in [5, 5.41) is 3.24. The third-order valence-corrected chi connectivity index (χ3v) is 3.60. The molecule has 5 heteroatoms. The fraction of sp³-hybridized carbons (Fsp3) is 0.0588. The molecule has 0 radical (unpaired) electrons. The van der Waals surface area contributed by atoms with Crippen molar-refractivity contribution in [2.24, 2.45) is 0 Å². The molecule has 3 aromatic rings. The number of pyridine rings is 1. The van der Waals surface area contributed by atoms with Crippen LogP contribution in [0.4, 0.5) is 5.82 Å². The normalized spacial score (nSPS) is 10.6. The highest BCUT2D eigenvalue weighted by Crippen LogP contribution is 2.25. The Labute approximate surface area is 131 Å². The summed E-state index contributed by atoms with van der Waals surface area (Å²) in [6.45, 7) is 0. The minimum atomic E-state index is -0.371. The van der Waals surface area contributed by atoms with Crippen LogP contribution in [0.1, 0.15) is 0 Å². The van der Waals surface area contributed by atoms with E-state index in [9.17, 15) is 9.59 Å². The van der Waals surface area contributed by atoms with Gasteiger partial charge in [-0.1, -0.05) is 42.5 Å². The molecule has 0 fully saturated rings. The van der Waals surface area contributed by atoms with Crippen LogP contribution in [0, 0.1) is 0 Å². The Bertz CT molecular complexity index is 888. The van der Waals surface area contributed by atoms with Gasteiger partial charge in [-0.2, -0.15) is 0 Å². The minimum absolute atomic E-state index is 0.134. The molecule has 1 heterocycles. The van der Waals surface area contributed by atoms with Gasteiger partial charge in [0.05, 0.1) is 11.1 Å². The maximum absolute atomic E-state index is 12.8. The summed E-state index contributed by atoms with van der Waals surface area (Å²) in [6, 6.07) is 16.4. The van der Waals surface area contributed by atoms with Crippen molar-refractivity contribution in [1.29, 1.82) is 0 Å². The second kappa shape index (κ2) is 6.03. The molecule has 0 saturated carbocycles. The maximum atomic E-state index is 12.8. The van der Waals surface area contributed by atoms with E-state index in [1.165, 1.54) is 0 Å². The van der Waals surface area contributed by atoms with Gasteiger partial charge < -0.3 is 10.3 Å². The van der Waals surface area contributed by atoms with Crippen LogP contribution in [0.2, 0.25) is 0 Å². The molecule has 0 aliphatic rings. The standard InChI is InChI=1S/C17H13ClN2O2/c18-10-14(21)20-17-15(11-6-2-1-3-7-11)16(22)12-8-4-5-9-13(12)19-17/h1-9H,10H2,(H2,19,20,21,22). The van der Waals surface area contributed by atoms with E-state index in [0.717, 1.165) is 5.56 Å². The van der Waals surface area contributed by atoms with Crippen molar-refractivity contribution in [3.8, 4) is 11.1 Å². The number of rotatable bonds is 3. The zero-order valence-corrected chi connectivity index (χ0v) is 12.4. The van der Waals surface area contributed by atoms with Gasteiger partial charge in [-0.15, -0.1) is 11.6 Å². The van der Waals surface area contributed by atoms with E-state index >= 15 is 0 Å². The first kappa shape index (κ1) is 14.4. The number of nitrogens with one attached hydrogen (secondary N) is 2. The van der Waals surface area contributed by atoms with E-state index in [4.69, 9.17) is 11.6 Å². The number of hydrogen-bond donors (Lipinski definition) is 2. The predicted octanol–water partition coefficient (Wildman–Crippen LogP) is 3.37. The highest BCUT2D eigenvalue weighted by Gasteiger charge is 2.15. The van der Waals surface area contributed by atoms with Crippen molar-refractivity contribution in [3.63, 3.8) is 0 Å². The van der Waals surface area contributed by atoms with Crippen LogP contribution in [0.3, 0.4) is 0 Å². The minimum Gasteiger partial charge on any atom is -0.340 e. The zero-order chi connectivity index (χ0) is 15.5. The number of alkyl halides is 1. The van der Waals surface area contributed by atoms with Crippen LogP contribution in [0.5, 0.6) is 0 Å². The Morgan fingerprint density at radius 3 is 2.45 bits per heavy atom. The number of hydrogen-bond acceptors (Lipinski definition) is 2. The largest absolute Gasteiger partial charge is 0.340 e. The first-order valence-corrected chi connectivity index (χ1v) is 7.30. The van der Waals surface area contributed by atoms with E-state index in [2.05, 4.69) is 10.3 Å². The third-order valence-electron chi connectivity index (χ3n) is 3.36. The molecule has 0 aliphatic carbocycles. The maximum Gasteiger partial charge on any atom is 0.240 e. The molecule has 3 rings (SSSR count). The van der Waals surface area contributed by atoms with Crippen molar-refractivity contribution < 1.29 is 4.79 Å². The van der Waals surface area contributed by atoms with Crippen LogP contribution in [0.25, 0.3) is 22.0 Å². The second-order valence-electron chi connectivity index (χ2n) is 4.80. The topological polar surface area (TPSA) is 62.0 Å². The number of para-hydroxylation sites is 1. The number of H-pyrrole nitrogens is 1. The summed E-state index contributed by atoms with van der Waals surface area (Å²) < 4.78 is 0. The van der Waals surface area contributed by atoms with Crippen molar-refractivity contribution >= 4 is 34.2 Å². The molecule has 1 aromatic heterocycles. The van der Waals surface area contributed by atoms with Crippen molar-refractivity contribution in [3.05, 3.63) is 64.8 Å². The molecule has 4 nitrogen and oxygen atoms in total. The molecule has 1 amide bonds. The van der Waals surface area contributed by atoms with E-state index in [0.29, 0.717) is 22.3 Å². The van der Waals surface area contributed by atoms with Gasteiger partial charge in [-0.3, -0.25) is 9.59 Å². The highest BCUT2D eigenvalue weighted by molar-refractivity contribution is 6.29. The van der Waals surface area contributed by atoms with Crippen molar-refractivity contribution in [2.75, 3.05) is 11.2 Å². The number of carbonyl (C=O) groups is 1. The first-order valence-electron chi connectivity index (χ1n) is 6.77. The number of benzene rings is 2. The van der Waals surface area contributed by atoms with Crippen molar-refractivity contribution in [1.82, 2.24) is 4.98 Å². The number of carbonyl (C=O) groups excluding carboxylic acids is 1. The highest BCUT2D eigenvalue weighted by atomic mass is 35.5. The summed E-state index contributed by atoms with van der Waals surface area (Å²) in [5.41, 5.74) is 1.69. The molecule has 0 aliphatic heterocycles. The molecule has 0 spiro atoms. The van der Waals surface area contributed by atoms with Crippen LogP contribution in [-0.2, 0) is 4.79 Å².